The summed E-state index contributed by atoms with van der Waals surface area (Å²) in [4.78, 5) is 40.9. The Kier molecular flexibility index (Phi) is 7.99. The number of hydrogen-bond acceptors (Lipinski definition) is 5. The predicted octanol–water partition coefficient (Wildman–Crippen LogP) is 3.99. The van der Waals surface area contributed by atoms with Crippen molar-refractivity contribution in [3.05, 3.63) is 84.1 Å². The number of rotatable bonds is 9. The fourth-order valence-corrected chi connectivity index (χ4v) is 4.38. The van der Waals surface area contributed by atoms with E-state index in [4.69, 9.17) is 9.15 Å². The Bertz CT molecular complexity index is 1210. The predicted molar refractivity (Wildman–Crippen MR) is 131 cm³/mol. The summed E-state index contributed by atoms with van der Waals surface area (Å²) in [6.45, 7) is -0.446. The average Bonchev–Trinajstić information content (AvgIpc) is 3.61. The van der Waals surface area contributed by atoms with Crippen molar-refractivity contribution < 1.29 is 27.9 Å². The molecular weight excluding hydrogens is 465 g/mol. The van der Waals surface area contributed by atoms with E-state index >= 15 is 4.39 Å². The van der Waals surface area contributed by atoms with Crippen molar-refractivity contribution in [2.45, 2.75) is 37.8 Å². The lowest BCUT2D eigenvalue weighted by molar-refractivity contribution is -0.126. The Labute approximate surface area is 208 Å². The lowest BCUT2D eigenvalue weighted by Crippen LogP contribution is -2.49. The highest BCUT2D eigenvalue weighted by molar-refractivity contribution is 6.04. The molecule has 1 aliphatic rings. The van der Waals surface area contributed by atoms with Gasteiger partial charge in [0.25, 0.3) is 5.91 Å². The van der Waals surface area contributed by atoms with Crippen LogP contribution in [0.5, 0.6) is 5.75 Å². The van der Waals surface area contributed by atoms with Crippen molar-refractivity contribution in [3.63, 3.8) is 0 Å². The molecule has 0 spiro atoms. The minimum Gasteiger partial charge on any atom is -0.497 e. The van der Waals surface area contributed by atoms with Crippen LogP contribution in [-0.2, 0) is 9.59 Å². The highest BCUT2D eigenvalue weighted by Gasteiger charge is 2.36. The molecule has 1 aromatic heterocycles. The van der Waals surface area contributed by atoms with Gasteiger partial charge in [-0.05, 0) is 43.2 Å². The van der Waals surface area contributed by atoms with Crippen LogP contribution < -0.4 is 20.3 Å². The fraction of sp³-hybridized carbons (Fsp3) is 0.296. The number of nitrogens with one attached hydrogen (secondary N) is 2. The molecule has 9 heteroatoms. The third-order valence-corrected chi connectivity index (χ3v) is 6.15. The van der Waals surface area contributed by atoms with Crippen LogP contribution >= 0.6 is 0 Å². The van der Waals surface area contributed by atoms with Crippen LogP contribution in [0, 0.1) is 5.82 Å². The van der Waals surface area contributed by atoms with E-state index in [1.54, 1.807) is 36.4 Å². The molecule has 0 aliphatic heterocycles. The van der Waals surface area contributed by atoms with Gasteiger partial charge in [0.05, 0.1) is 19.9 Å². The second-order valence-electron chi connectivity index (χ2n) is 8.54. The van der Waals surface area contributed by atoms with Gasteiger partial charge in [0.2, 0.25) is 11.8 Å². The quantitative estimate of drug-likeness (QED) is 0.470. The van der Waals surface area contributed by atoms with Gasteiger partial charge in [0.1, 0.15) is 17.6 Å². The molecule has 2 N–H and O–H groups in total. The number of halogens is 1. The molecule has 1 atom stereocenters. The van der Waals surface area contributed by atoms with Crippen LogP contribution in [0.3, 0.4) is 0 Å². The number of ether oxygens (including phenoxy) is 1. The average molecular weight is 494 g/mol. The summed E-state index contributed by atoms with van der Waals surface area (Å²) in [7, 11) is 1.48. The van der Waals surface area contributed by atoms with Crippen molar-refractivity contribution in [1.82, 2.24) is 10.6 Å². The molecule has 0 unspecified atom stereocenters. The van der Waals surface area contributed by atoms with E-state index in [0.29, 0.717) is 11.4 Å². The largest absolute Gasteiger partial charge is 0.497 e. The minimum absolute atomic E-state index is 0.0420. The van der Waals surface area contributed by atoms with Gasteiger partial charge in [-0.2, -0.15) is 0 Å². The van der Waals surface area contributed by atoms with E-state index in [1.165, 1.54) is 42.5 Å². The molecule has 3 aromatic rings. The van der Waals surface area contributed by atoms with Gasteiger partial charge >= 0.3 is 0 Å². The number of anilines is 1. The van der Waals surface area contributed by atoms with Crippen molar-refractivity contribution >= 4 is 23.4 Å². The molecule has 0 radical (unpaired) electrons. The molecular formula is C27H28FN3O5. The zero-order valence-electron chi connectivity index (χ0n) is 19.9. The smallest absolute Gasteiger partial charge is 0.287 e. The van der Waals surface area contributed by atoms with E-state index in [0.717, 1.165) is 25.7 Å². The van der Waals surface area contributed by atoms with Crippen molar-refractivity contribution in [2.24, 2.45) is 0 Å². The van der Waals surface area contributed by atoms with Crippen LogP contribution in [0.15, 0.2) is 71.3 Å². The highest BCUT2D eigenvalue weighted by atomic mass is 19.1. The zero-order chi connectivity index (χ0) is 25.5. The third kappa shape index (κ3) is 5.73. The molecule has 0 saturated heterocycles. The van der Waals surface area contributed by atoms with Crippen molar-refractivity contribution in [3.8, 4) is 5.75 Å². The van der Waals surface area contributed by atoms with Gasteiger partial charge in [-0.25, -0.2) is 4.39 Å². The molecule has 36 heavy (non-hydrogen) atoms. The van der Waals surface area contributed by atoms with Gasteiger partial charge in [0, 0.05) is 23.4 Å². The van der Waals surface area contributed by atoms with E-state index in [-0.39, 0.29) is 17.4 Å². The Morgan fingerprint density at radius 1 is 1.08 bits per heavy atom. The van der Waals surface area contributed by atoms with Gasteiger partial charge < -0.3 is 19.8 Å². The summed E-state index contributed by atoms with van der Waals surface area (Å²) in [5.74, 6) is -1.83. The molecule has 1 aliphatic carbocycles. The number of nitrogens with zero attached hydrogens (tertiary/aromatic N) is 1. The first-order valence-electron chi connectivity index (χ1n) is 11.8. The van der Waals surface area contributed by atoms with E-state index in [9.17, 15) is 14.4 Å². The number of amides is 3. The van der Waals surface area contributed by atoms with Crippen LogP contribution in [0.4, 0.5) is 10.1 Å². The Hall–Kier alpha value is -4.14. The van der Waals surface area contributed by atoms with Crippen LogP contribution in [0.1, 0.15) is 47.8 Å². The summed E-state index contributed by atoms with van der Waals surface area (Å²) < 4.78 is 25.5. The summed E-state index contributed by atoms with van der Waals surface area (Å²) in [5.41, 5.74) is 0.364. The fourth-order valence-electron chi connectivity index (χ4n) is 4.38. The standard InChI is InChI=1S/C27H28FN3O5/c1-35-20-11-6-10-19(16-20)31(24(32)17-29-26(33)23-14-7-15-36-23)25(21-12-4-5-13-22(21)28)27(34)30-18-8-2-3-9-18/h4-7,10-16,18,25H,2-3,8-9,17H2,1H3,(H,29,33)(H,30,34)/t25-/m0/s1. The number of methoxy groups -OCH3 is 1. The molecule has 1 saturated carbocycles. The van der Waals surface area contributed by atoms with Gasteiger partial charge in [-0.3, -0.25) is 19.3 Å². The normalized spacial score (nSPS) is 14.2. The molecule has 2 aromatic carbocycles. The van der Waals surface area contributed by atoms with E-state index < -0.39 is 36.1 Å². The maximum atomic E-state index is 15.1. The van der Waals surface area contributed by atoms with E-state index in [2.05, 4.69) is 10.6 Å². The number of hydrogen-bond donors (Lipinski definition) is 2. The number of carbonyl (C=O) groups excluding carboxylic acids is 3. The molecule has 1 fully saturated rings. The van der Waals surface area contributed by atoms with Gasteiger partial charge in [-0.15, -0.1) is 0 Å². The molecule has 3 amide bonds. The number of benzene rings is 2. The summed E-state index contributed by atoms with van der Waals surface area (Å²) >= 11 is 0. The molecule has 8 nitrogen and oxygen atoms in total. The lowest BCUT2D eigenvalue weighted by Gasteiger charge is -2.32. The third-order valence-electron chi connectivity index (χ3n) is 6.15. The molecule has 0 bridgehead atoms. The first-order chi connectivity index (χ1) is 17.5. The van der Waals surface area contributed by atoms with Crippen LogP contribution in [0.25, 0.3) is 0 Å². The number of carbonyl (C=O) groups is 3. The van der Waals surface area contributed by atoms with Gasteiger partial charge in [0.15, 0.2) is 5.76 Å². The van der Waals surface area contributed by atoms with Crippen molar-refractivity contribution in [1.29, 1.82) is 0 Å². The van der Waals surface area contributed by atoms with Crippen LogP contribution in [0.2, 0.25) is 0 Å². The molecule has 1 heterocycles. The second-order valence-corrected chi connectivity index (χ2v) is 8.54. The SMILES string of the molecule is COc1cccc(N(C(=O)CNC(=O)c2ccco2)[C@H](C(=O)NC2CCCC2)c2ccccc2F)c1. The lowest BCUT2D eigenvalue weighted by atomic mass is 10.0. The zero-order valence-corrected chi connectivity index (χ0v) is 19.9. The Morgan fingerprint density at radius 2 is 1.86 bits per heavy atom. The topological polar surface area (TPSA) is 101 Å². The van der Waals surface area contributed by atoms with Gasteiger partial charge in [-0.1, -0.05) is 37.1 Å². The number of furan rings is 1. The first-order valence-corrected chi connectivity index (χ1v) is 11.8. The molecule has 4 rings (SSSR count). The first kappa shape index (κ1) is 25.0. The summed E-state index contributed by atoms with van der Waals surface area (Å²) in [6.07, 6.45) is 4.98. The van der Waals surface area contributed by atoms with E-state index in [1.807, 2.05) is 0 Å². The highest BCUT2D eigenvalue weighted by Crippen LogP contribution is 2.32. The van der Waals surface area contributed by atoms with Crippen molar-refractivity contribution in [2.75, 3.05) is 18.6 Å². The summed E-state index contributed by atoms with van der Waals surface area (Å²) in [6, 6.07) is 14.1. The maximum absolute atomic E-state index is 15.1. The summed E-state index contributed by atoms with van der Waals surface area (Å²) in [5, 5.41) is 5.51. The Morgan fingerprint density at radius 3 is 2.56 bits per heavy atom. The second kappa shape index (κ2) is 11.5. The molecule has 188 valence electrons. The monoisotopic (exact) mass is 493 g/mol. The van der Waals surface area contributed by atoms with Crippen LogP contribution in [-0.4, -0.2) is 37.4 Å². The minimum atomic E-state index is -1.31. The Balaban J connectivity index is 1.72. The maximum Gasteiger partial charge on any atom is 0.287 e.